The zero-order valence-corrected chi connectivity index (χ0v) is 15.2. The van der Waals surface area contributed by atoms with E-state index in [1.807, 2.05) is 23.1 Å². The van der Waals surface area contributed by atoms with E-state index in [2.05, 4.69) is 5.32 Å². The van der Waals surface area contributed by atoms with Gasteiger partial charge in [0.05, 0.1) is 0 Å². The molecular weight excluding hydrogens is 330 g/mol. The van der Waals surface area contributed by atoms with E-state index < -0.39 is 11.8 Å². The average Bonchev–Trinajstić information content (AvgIpc) is 3.21. The van der Waals surface area contributed by atoms with Gasteiger partial charge in [-0.2, -0.15) is 0 Å². The van der Waals surface area contributed by atoms with Crippen molar-refractivity contribution in [1.82, 2.24) is 9.80 Å². The van der Waals surface area contributed by atoms with Crippen molar-refractivity contribution in [2.45, 2.75) is 38.5 Å². The number of likely N-dealkylation sites (tertiary alicyclic amines) is 2. The summed E-state index contributed by atoms with van der Waals surface area (Å²) in [5, 5.41) is 2.64. The molecule has 1 aromatic rings. The molecule has 6 heteroatoms. The lowest BCUT2D eigenvalue weighted by molar-refractivity contribution is -0.144. The van der Waals surface area contributed by atoms with Crippen LogP contribution < -0.4 is 5.32 Å². The monoisotopic (exact) mass is 357 g/mol. The van der Waals surface area contributed by atoms with Crippen molar-refractivity contribution in [3.05, 3.63) is 30.3 Å². The van der Waals surface area contributed by atoms with Crippen LogP contribution in [-0.2, 0) is 14.4 Å². The van der Waals surface area contributed by atoms with Gasteiger partial charge in [-0.25, -0.2) is 0 Å². The molecule has 26 heavy (non-hydrogen) atoms. The van der Waals surface area contributed by atoms with Crippen molar-refractivity contribution < 1.29 is 14.4 Å². The van der Waals surface area contributed by atoms with Gasteiger partial charge in [0.2, 0.25) is 5.91 Å². The van der Waals surface area contributed by atoms with E-state index in [0.717, 1.165) is 45.2 Å². The average molecular weight is 357 g/mol. The molecule has 2 aliphatic rings. The van der Waals surface area contributed by atoms with Gasteiger partial charge < -0.3 is 15.1 Å². The number of carbonyl (C=O) groups excluding carboxylic acids is 3. The zero-order valence-electron chi connectivity index (χ0n) is 15.2. The van der Waals surface area contributed by atoms with Crippen molar-refractivity contribution >= 4 is 23.4 Å². The quantitative estimate of drug-likeness (QED) is 0.841. The fourth-order valence-corrected chi connectivity index (χ4v) is 3.73. The lowest BCUT2D eigenvalue weighted by atomic mass is 9.92. The summed E-state index contributed by atoms with van der Waals surface area (Å²) >= 11 is 0. The smallest absolute Gasteiger partial charge is 0.313 e. The number of anilines is 1. The molecule has 2 heterocycles. The second-order valence-electron chi connectivity index (χ2n) is 7.18. The minimum absolute atomic E-state index is 0.267. The number of nitrogens with zero attached hydrogens (tertiary/aromatic N) is 2. The fourth-order valence-electron chi connectivity index (χ4n) is 3.73. The van der Waals surface area contributed by atoms with Crippen LogP contribution in [0.1, 0.15) is 38.5 Å². The molecular formula is C20H27N3O3. The van der Waals surface area contributed by atoms with E-state index in [9.17, 15) is 14.4 Å². The second-order valence-corrected chi connectivity index (χ2v) is 7.18. The Balaban J connectivity index is 1.39. The first kappa shape index (κ1) is 18.4. The molecule has 0 aromatic heterocycles. The SMILES string of the molecule is O=C(Nc1ccccc1)C(=O)N1CCC(CCC(=O)N2CCCC2)CC1. The summed E-state index contributed by atoms with van der Waals surface area (Å²) < 4.78 is 0. The first-order valence-corrected chi connectivity index (χ1v) is 9.56. The maximum atomic E-state index is 12.3. The Kier molecular flexibility index (Phi) is 6.26. The molecule has 2 fully saturated rings. The fraction of sp³-hybridized carbons (Fsp3) is 0.550. The number of carbonyl (C=O) groups is 3. The Bertz CT molecular complexity index is 633. The second kappa shape index (κ2) is 8.83. The normalized spacial score (nSPS) is 18.0. The molecule has 0 aliphatic carbocycles. The van der Waals surface area contributed by atoms with Crippen molar-refractivity contribution in [2.75, 3.05) is 31.5 Å². The summed E-state index contributed by atoms with van der Waals surface area (Å²) in [6.45, 7) is 2.98. The Hall–Kier alpha value is -2.37. The van der Waals surface area contributed by atoms with Gasteiger partial charge in [-0.1, -0.05) is 18.2 Å². The van der Waals surface area contributed by atoms with E-state index >= 15 is 0 Å². The first-order valence-electron chi connectivity index (χ1n) is 9.56. The Morgan fingerprint density at radius 2 is 1.58 bits per heavy atom. The molecule has 0 radical (unpaired) electrons. The number of amides is 3. The number of nitrogens with one attached hydrogen (secondary N) is 1. The summed E-state index contributed by atoms with van der Waals surface area (Å²) in [6, 6.07) is 9.00. The number of hydrogen-bond donors (Lipinski definition) is 1. The summed E-state index contributed by atoms with van der Waals surface area (Å²) in [5.74, 6) is -0.328. The van der Waals surface area contributed by atoms with Gasteiger partial charge in [0, 0.05) is 38.3 Å². The maximum absolute atomic E-state index is 12.3. The molecule has 0 unspecified atom stereocenters. The Morgan fingerprint density at radius 1 is 0.923 bits per heavy atom. The summed E-state index contributed by atoms with van der Waals surface area (Å²) in [4.78, 5) is 40.1. The molecule has 0 atom stereocenters. The molecule has 0 bridgehead atoms. The van der Waals surface area contributed by atoms with E-state index in [4.69, 9.17) is 0 Å². The van der Waals surface area contributed by atoms with Gasteiger partial charge in [0.25, 0.3) is 0 Å². The number of para-hydroxylation sites is 1. The summed E-state index contributed by atoms with van der Waals surface area (Å²) in [6.07, 6.45) is 5.45. The number of rotatable bonds is 4. The Morgan fingerprint density at radius 3 is 2.23 bits per heavy atom. The van der Waals surface area contributed by atoms with E-state index in [1.165, 1.54) is 0 Å². The molecule has 140 valence electrons. The highest BCUT2D eigenvalue weighted by atomic mass is 16.2. The third kappa shape index (κ3) is 4.84. The summed E-state index contributed by atoms with van der Waals surface area (Å²) in [7, 11) is 0. The van der Waals surface area contributed by atoms with Crippen LogP contribution in [0.25, 0.3) is 0 Å². The van der Waals surface area contributed by atoms with Crippen molar-refractivity contribution in [1.29, 1.82) is 0 Å². The topological polar surface area (TPSA) is 69.7 Å². The first-order chi connectivity index (χ1) is 12.6. The van der Waals surface area contributed by atoms with Gasteiger partial charge in [0.1, 0.15) is 0 Å². The number of hydrogen-bond acceptors (Lipinski definition) is 3. The van der Waals surface area contributed by atoms with Crippen molar-refractivity contribution in [3.63, 3.8) is 0 Å². The van der Waals surface area contributed by atoms with E-state index in [0.29, 0.717) is 31.1 Å². The van der Waals surface area contributed by atoms with Crippen LogP contribution in [0.15, 0.2) is 30.3 Å². The largest absolute Gasteiger partial charge is 0.343 e. The predicted molar refractivity (Wildman–Crippen MR) is 99.4 cm³/mol. The zero-order chi connectivity index (χ0) is 18.4. The summed E-state index contributed by atoms with van der Waals surface area (Å²) in [5.41, 5.74) is 0.626. The van der Waals surface area contributed by atoms with Crippen LogP contribution in [0.4, 0.5) is 5.69 Å². The molecule has 3 amide bonds. The molecule has 1 N–H and O–H groups in total. The maximum Gasteiger partial charge on any atom is 0.313 e. The van der Waals surface area contributed by atoms with Crippen molar-refractivity contribution in [2.24, 2.45) is 5.92 Å². The van der Waals surface area contributed by atoms with Crippen LogP contribution in [0, 0.1) is 5.92 Å². The molecule has 3 rings (SSSR count). The van der Waals surface area contributed by atoms with Gasteiger partial charge in [-0.05, 0) is 50.2 Å². The highest BCUT2D eigenvalue weighted by Gasteiger charge is 2.28. The number of benzene rings is 1. The predicted octanol–water partition coefficient (Wildman–Crippen LogP) is 2.27. The molecule has 6 nitrogen and oxygen atoms in total. The molecule has 0 saturated carbocycles. The van der Waals surface area contributed by atoms with E-state index in [1.54, 1.807) is 17.0 Å². The van der Waals surface area contributed by atoms with Gasteiger partial charge >= 0.3 is 11.8 Å². The number of piperidine rings is 1. The van der Waals surface area contributed by atoms with Crippen molar-refractivity contribution in [3.8, 4) is 0 Å². The minimum Gasteiger partial charge on any atom is -0.343 e. The molecule has 1 aromatic carbocycles. The van der Waals surface area contributed by atoms with Crippen LogP contribution in [0.3, 0.4) is 0 Å². The minimum atomic E-state index is -0.584. The van der Waals surface area contributed by atoms with Gasteiger partial charge in [-0.15, -0.1) is 0 Å². The van der Waals surface area contributed by atoms with Crippen LogP contribution in [0.5, 0.6) is 0 Å². The van der Waals surface area contributed by atoms with Crippen LogP contribution in [0.2, 0.25) is 0 Å². The third-order valence-corrected chi connectivity index (χ3v) is 5.35. The highest BCUT2D eigenvalue weighted by molar-refractivity contribution is 6.39. The third-order valence-electron chi connectivity index (χ3n) is 5.35. The van der Waals surface area contributed by atoms with Gasteiger partial charge in [0.15, 0.2) is 0 Å². The standard InChI is InChI=1S/C20H27N3O3/c24-18(22-12-4-5-13-22)9-8-16-10-14-23(15-11-16)20(26)19(25)21-17-6-2-1-3-7-17/h1-3,6-7,16H,4-5,8-15H2,(H,21,25). The van der Waals surface area contributed by atoms with Gasteiger partial charge in [-0.3, -0.25) is 14.4 Å². The lowest BCUT2D eigenvalue weighted by Gasteiger charge is -2.31. The molecule has 2 aliphatic heterocycles. The van der Waals surface area contributed by atoms with E-state index in [-0.39, 0.29) is 5.91 Å². The molecule has 0 spiro atoms. The highest BCUT2D eigenvalue weighted by Crippen LogP contribution is 2.23. The lowest BCUT2D eigenvalue weighted by Crippen LogP contribution is -2.44. The van der Waals surface area contributed by atoms with Crippen LogP contribution >= 0.6 is 0 Å². The Labute approximate surface area is 154 Å². The van der Waals surface area contributed by atoms with Crippen LogP contribution in [-0.4, -0.2) is 53.7 Å². The molecule has 2 saturated heterocycles.